The number of hydrogen-bond donors (Lipinski definition) is 2. The van der Waals surface area contributed by atoms with Crippen LogP contribution in [0.3, 0.4) is 0 Å². The zero-order valence-electron chi connectivity index (χ0n) is 19.1. The standard InChI is InChI=1S/C28H30ClN3O/c1-18-12-14-21(31-18)17-30-16-20-13-15-26(32-28(20)33-2)25-11-5-10-24(27(25)29)23-9-4-7-19-6-3-8-22(19)23/h4-5,7,9-11,13,15,21,30-31H,1,3,6,8,12,14,16-17H2,2H3. The average molecular weight is 460 g/mol. The summed E-state index contributed by atoms with van der Waals surface area (Å²) in [7, 11) is 1.67. The van der Waals surface area contributed by atoms with Crippen molar-refractivity contribution < 1.29 is 4.74 Å². The van der Waals surface area contributed by atoms with E-state index in [4.69, 9.17) is 21.3 Å². The average Bonchev–Trinajstić information content (AvgIpc) is 3.48. The van der Waals surface area contributed by atoms with Crippen LogP contribution >= 0.6 is 11.6 Å². The van der Waals surface area contributed by atoms with Gasteiger partial charge in [-0.1, -0.05) is 60.6 Å². The summed E-state index contributed by atoms with van der Waals surface area (Å²) in [4.78, 5) is 4.82. The van der Waals surface area contributed by atoms with Gasteiger partial charge in [0.1, 0.15) is 0 Å². The van der Waals surface area contributed by atoms with Crippen molar-refractivity contribution in [1.29, 1.82) is 0 Å². The number of ether oxygens (including phenoxy) is 1. The van der Waals surface area contributed by atoms with E-state index in [0.29, 0.717) is 18.5 Å². The van der Waals surface area contributed by atoms with E-state index in [1.165, 1.54) is 23.1 Å². The van der Waals surface area contributed by atoms with Gasteiger partial charge < -0.3 is 15.4 Å². The van der Waals surface area contributed by atoms with Crippen molar-refractivity contribution in [3.63, 3.8) is 0 Å². The molecule has 1 unspecified atom stereocenters. The molecule has 0 bridgehead atoms. The summed E-state index contributed by atoms with van der Waals surface area (Å²) in [5.41, 5.74) is 9.11. The molecule has 33 heavy (non-hydrogen) atoms. The topological polar surface area (TPSA) is 46.2 Å². The van der Waals surface area contributed by atoms with Gasteiger partial charge in [-0.25, -0.2) is 4.98 Å². The lowest BCUT2D eigenvalue weighted by Crippen LogP contribution is -2.33. The summed E-state index contributed by atoms with van der Waals surface area (Å²) < 4.78 is 5.64. The fraction of sp³-hybridized carbons (Fsp3) is 0.321. The highest BCUT2D eigenvalue weighted by Crippen LogP contribution is 2.40. The van der Waals surface area contributed by atoms with Crippen molar-refractivity contribution in [1.82, 2.24) is 15.6 Å². The highest BCUT2D eigenvalue weighted by atomic mass is 35.5. The fourth-order valence-corrected chi connectivity index (χ4v) is 5.38. The Morgan fingerprint density at radius 2 is 1.88 bits per heavy atom. The van der Waals surface area contributed by atoms with Gasteiger partial charge in [-0.15, -0.1) is 0 Å². The number of allylic oxidation sites excluding steroid dienone is 1. The molecule has 1 fully saturated rings. The molecule has 1 aromatic heterocycles. The lowest BCUT2D eigenvalue weighted by atomic mass is 9.95. The molecule has 0 radical (unpaired) electrons. The van der Waals surface area contributed by atoms with E-state index < -0.39 is 0 Å². The van der Waals surface area contributed by atoms with E-state index >= 15 is 0 Å². The molecule has 0 saturated carbocycles. The van der Waals surface area contributed by atoms with Gasteiger partial charge in [0.25, 0.3) is 0 Å². The number of nitrogens with one attached hydrogen (secondary N) is 2. The molecule has 3 aromatic rings. The normalized spacial score (nSPS) is 17.2. The maximum Gasteiger partial charge on any atom is 0.218 e. The first-order chi connectivity index (χ1) is 16.1. The number of pyridine rings is 1. The summed E-state index contributed by atoms with van der Waals surface area (Å²) in [5, 5.41) is 7.68. The Morgan fingerprint density at radius 1 is 1.06 bits per heavy atom. The second-order valence-corrected chi connectivity index (χ2v) is 9.32. The number of nitrogens with zero attached hydrogens (tertiary/aromatic N) is 1. The number of aromatic nitrogens is 1. The zero-order valence-corrected chi connectivity index (χ0v) is 19.8. The van der Waals surface area contributed by atoms with Crippen molar-refractivity contribution in [3.8, 4) is 28.3 Å². The van der Waals surface area contributed by atoms with Crippen LogP contribution in [0, 0.1) is 0 Å². The minimum Gasteiger partial charge on any atom is -0.481 e. The largest absolute Gasteiger partial charge is 0.481 e. The van der Waals surface area contributed by atoms with E-state index in [2.05, 4.69) is 53.6 Å². The monoisotopic (exact) mass is 459 g/mol. The quantitative estimate of drug-likeness (QED) is 0.460. The Kier molecular flexibility index (Phi) is 6.39. The smallest absolute Gasteiger partial charge is 0.218 e. The van der Waals surface area contributed by atoms with Gasteiger partial charge in [-0.05, 0) is 54.9 Å². The summed E-state index contributed by atoms with van der Waals surface area (Å²) in [6, 6.07) is 17.3. The molecular weight excluding hydrogens is 430 g/mol. The minimum absolute atomic E-state index is 0.441. The Morgan fingerprint density at radius 3 is 2.70 bits per heavy atom. The van der Waals surface area contributed by atoms with Crippen LogP contribution in [-0.4, -0.2) is 24.7 Å². The Hall–Kier alpha value is -2.82. The van der Waals surface area contributed by atoms with Gasteiger partial charge >= 0.3 is 0 Å². The van der Waals surface area contributed by atoms with Crippen molar-refractivity contribution in [2.24, 2.45) is 0 Å². The third-order valence-corrected chi connectivity index (χ3v) is 7.16. The Balaban J connectivity index is 1.39. The van der Waals surface area contributed by atoms with Gasteiger partial charge in [0.2, 0.25) is 5.88 Å². The van der Waals surface area contributed by atoms with Crippen LogP contribution < -0.4 is 15.4 Å². The predicted molar refractivity (Wildman–Crippen MR) is 136 cm³/mol. The lowest BCUT2D eigenvalue weighted by molar-refractivity contribution is 0.390. The molecule has 170 valence electrons. The minimum atomic E-state index is 0.441. The van der Waals surface area contributed by atoms with Crippen LogP contribution in [0.15, 0.2) is 60.8 Å². The van der Waals surface area contributed by atoms with E-state index in [1.54, 1.807) is 7.11 Å². The van der Waals surface area contributed by atoms with Crippen molar-refractivity contribution in [3.05, 3.63) is 82.5 Å². The molecule has 2 aromatic carbocycles. The number of rotatable bonds is 7. The number of methoxy groups -OCH3 is 1. The van der Waals surface area contributed by atoms with Crippen LogP contribution in [0.4, 0.5) is 0 Å². The number of fused-ring (bicyclic) bond motifs is 1. The van der Waals surface area contributed by atoms with Gasteiger partial charge in [0, 0.05) is 41.5 Å². The third-order valence-electron chi connectivity index (χ3n) is 6.75. The van der Waals surface area contributed by atoms with Crippen LogP contribution in [0.1, 0.15) is 36.0 Å². The lowest BCUT2D eigenvalue weighted by Gasteiger charge is -2.16. The third kappa shape index (κ3) is 4.50. The molecule has 2 N–H and O–H groups in total. The van der Waals surface area contributed by atoms with Gasteiger partial charge in [-0.2, -0.15) is 0 Å². The number of aryl methyl sites for hydroxylation is 1. The molecule has 0 spiro atoms. The van der Waals surface area contributed by atoms with Crippen molar-refractivity contribution in [2.75, 3.05) is 13.7 Å². The molecule has 2 heterocycles. The van der Waals surface area contributed by atoms with Crippen molar-refractivity contribution >= 4 is 11.6 Å². The van der Waals surface area contributed by atoms with E-state index in [-0.39, 0.29) is 0 Å². The van der Waals surface area contributed by atoms with E-state index in [9.17, 15) is 0 Å². The highest BCUT2D eigenvalue weighted by molar-refractivity contribution is 6.36. The molecule has 0 amide bonds. The molecule has 5 rings (SSSR count). The second-order valence-electron chi connectivity index (χ2n) is 8.94. The zero-order chi connectivity index (χ0) is 22.8. The first-order valence-electron chi connectivity index (χ1n) is 11.7. The van der Waals surface area contributed by atoms with E-state index in [0.717, 1.165) is 65.3 Å². The summed E-state index contributed by atoms with van der Waals surface area (Å²) in [6.45, 7) is 5.59. The van der Waals surface area contributed by atoms with Crippen LogP contribution in [0.25, 0.3) is 22.4 Å². The van der Waals surface area contributed by atoms with Crippen LogP contribution in [0.5, 0.6) is 5.88 Å². The number of benzene rings is 2. The van der Waals surface area contributed by atoms with Gasteiger partial charge in [0.15, 0.2) is 0 Å². The summed E-state index contributed by atoms with van der Waals surface area (Å²) in [5.74, 6) is 0.630. The number of halogens is 1. The molecule has 1 aliphatic carbocycles. The maximum atomic E-state index is 6.98. The maximum absolute atomic E-state index is 6.98. The second kappa shape index (κ2) is 9.58. The van der Waals surface area contributed by atoms with E-state index in [1.807, 2.05) is 12.1 Å². The van der Waals surface area contributed by atoms with Crippen LogP contribution in [0.2, 0.25) is 5.02 Å². The molecule has 4 nitrogen and oxygen atoms in total. The molecule has 1 atom stereocenters. The highest BCUT2D eigenvalue weighted by Gasteiger charge is 2.20. The SMILES string of the molecule is C=C1CCC(CNCc2ccc(-c3cccc(-c4cccc5c4CCC5)c3Cl)nc2OC)N1. The van der Waals surface area contributed by atoms with Crippen molar-refractivity contribution in [2.45, 2.75) is 44.7 Å². The fourth-order valence-electron chi connectivity index (χ4n) is 5.06. The molecule has 5 heteroatoms. The first kappa shape index (κ1) is 22.0. The summed E-state index contributed by atoms with van der Waals surface area (Å²) >= 11 is 6.98. The Bertz CT molecular complexity index is 1190. The summed E-state index contributed by atoms with van der Waals surface area (Å²) in [6.07, 6.45) is 5.66. The predicted octanol–water partition coefficient (Wildman–Crippen LogP) is 5.92. The molecular formula is C28H30ClN3O. The molecule has 2 aliphatic rings. The van der Waals surface area contributed by atoms with Crippen LogP contribution in [-0.2, 0) is 19.4 Å². The Labute approximate surface area is 201 Å². The van der Waals surface area contributed by atoms with Gasteiger partial charge in [-0.3, -0.25) is 0 Å². The number of hydrogen-bond acceptors (Lipinski definition) is 4. The first-order valence-corrected chi connectivity index (χ1v) is 12.1. The molecule has 1 aliphatic heterocycles. The van der Waals surface area contributed by atoms with Gasteiger partial charge in [0.05, 0.1) is 17.8 Å². The molecule has 1 saturated heterocycles.